The first-order chi connectivity index (χ1) is 13.7. The predicted molar refractivity (Wildman–Crippen MR) is 109 cm³/mol. The van der Waals surface area contributed by atoms with E-state index in [-0.39, 0.29) is 11.4 Å². The maximum absolute atomic E-state index is 13.3. The number of nitrogens with zero attached hydrogens (tertiary/aromatic N) is 5. The van der Waals surface area contributed by atoms with Crippen LogP contribution >= 0.6 is 11.3 Å². The van der Waals surface area contributed by atoms with Crippen LogP contribution in [0.3, 0.4) is 0 Å². The topological polar surface area (TPSA) is 37.2 Å². The number of hydrogen-bond acceptors (Lipinski definition) is 5. The highest BCUT2D eigenvalue weighted by Crippen LogP contribution is 2.41. The van der Waals surface area contributed by atoms with Crippen LogP contribution in [0.15, 0.2) is 42.0 Å². The van der Waals surface area contributed by atoms with Crippen LogP contribution in [0.2, 0.25) is 0 Å². The quantitative estimate of drug-likeness (QED) is 0.677. The summed E-state index contributed by atoms with van der Waals surface area (Å²) in [5, 5.41) is 3.23. The second kappa shape index (κ2) is 7.06. The molecular weight excluding hydrogens is 373 g/mol. The monoisotopic (exact) mass is 397 g/mol. The van der Waals surface area contributed by atoms with Crippen molar-refractivity contribution in [2.75, 3.05) is 26.7 Å². The summed E-state index contributed by atoms with van der Waals surface area (Å²) in [4.78, 5) is 14.3. The van der Waals surface area contributed by atoms with Crippen molar-refractivity contribution in [1.29, 1.82) is 0 Å². The highest BCUT2D eigenvalue weighted by molar-refractivity contribution is 7.09. The molecule has 146 valence electrons. The van der Waals surface area contributed by atoms with Crippen LogP contribution in [0.25, 0.3) is 11.3 Å². The Morgan fingerprint density at radius 1 is 1.07 bits per heavy atom. The van der Waals surface area contributed by atoms with Gasteiger partial charge in [0.05, 0.1) is 24.0 Å². The van der Waals surface area contributed by atoms with Gasteiger partial charge in [0.2, 0.25) is 0 Å². The molecule has 1 spiro atoms. The lowest BCUT2D eigenvalue weighted by Gasteiger charge is -2.49. The molecule has 0 atom stereocenters. The molecule has 2 aliphatic rings. The first kappa shape index (κ1) is 18.0. The van der Waals surface area contributed by atoms with Gasteiger partial charge in [-0.25, -0.2) is 14.4 Å². The zero-order valence-electron chi connectivity index (χ0n) is 16.0. The molecule has 0 amide bonds. The van der Waals surface area contributed by atoms with Gasteiger partial charge in [-0.1, -0.05) is 0 Å². The molecule has 0 bridgehead atoms. The number of benzene rings is 1. The van der Waals surface area contributed by atoms with Crippen molar-refractivity contribution in [2.45, 2.75) is 31.5 Å². The van der Waals surface area contributed by atoms with Gasteiger partial charge in [-0.05, 0) is 49.7 Å². The minimum atomic E-state index is -0.203. The molecule has 0 saturated carbocycles. The van der Waals surface area contributed by atoms with E-state index >= 15 is 0 Å². The molecule has 5 nitrogen and oxygen atoms in total. The fourth-order valence-electron chi connectivity index (χ4n) is 4.67. The van der Waals surface area contributed by atoms with Crippen molar-refractivity contribution in [3.63, 3.8) is 0 Å². The van der Waals surface area contributed by atoms with E-state index in [1.807, 2.05) is 29.9 Å². The molecule has 0 radical (unpaired) electrons. The van der Waals surface area contributed by atoms with Gasteiger partial charge in [0.25, 0.3) is 0 Å². The number of likely N-dealkylation sites (N-methyl/N-ethyl adjacent to an activating group) is 1. The summed E-state index contributed by atoms with van der Waals surface area (Å²) >= 11 is 1.73. The summed E-state index contributed by atoms with van der Waals surface area (Å²) in [6.07, 6.45) is 5.98. The summed E-state index contributed by atoms with van der Waals surface area (Å²) in [7, 11) is 2.23. The summed E-state index contributed by atoms with van der Waals surface area (Å²) < 4.78 is 15.7. The second-order valence-electron chi connectivity index (χ2n) is 7.78. The summed E-state index contributed by atoms with van der Waals surface area (Å²) in [5.41, 5.74) is 2.10. The van der Waals surface area contributed by atoms with Crippen molar-refractivity contribution in [2.24, 2.45) is 0 Å². The zero-order valence-corrected chi connectivity index (χ0v) is 16.8. The average molecular weight is 398 g/mol. The van der Waals surface area contributed by atoms with Crippen molar-refractivity contribution < 1.29 is 4.39 Å². The number of thiazole rings is 1. The number of imidazole rings is 1. The molecule has 1 fully saturated rings. The van der Waals surface area contributed by atoms with Crippen LogP contribution in [-0.4, -0.2) is 51.0 Å². The SMILES string of the molecule is CN1CCn2c(-c3ccc(F)cc3)cnc2C12CCN(Cc1nccs1)CC2. The maximum atomic E-state index is 13.3. The Kier molecular flexibility index (Phi) is 4.53. The number of piperidine rings is 1. The molecule has 4 heterocycles. The van der Waals surface area contributed by atoms with Gasteiger partial charge in [0.1, 0.15) is 16.6 Å². The lowest BCUT2D eigenvalue weighted by Crippen LogP contribution is -2.56. The third kappa shape index (κ3) is 2.98. The molecule has 2 aromatic heterocycles. The van der Waals surface area contributed by atoms with Gasteiger partial charge in [0.15, 0.2) is 0 Å². The number of halogens is 1. The molecule has 5 rings (SSSR count). The fourth-order valence-corrected chi connectivity index (χ4v) is 5.33. The lowest BCUT2D eigenvalue weighted by atomic mass is 9.83. The average Bonchev–Trinajstić information content (AvgIpc) is 3.37. The lowest BCUT2D eigenvalue weighted by molar-refractivity contribution is 0.00699. The highest BCUT2D eigenvalue weighted by Gasteiger charge is 2.45. The smallest absolute Gasteiger partial charge is 0.129 e. The van der Waals surface area contributed by atoms with Crippen LogP contribution in [0, 0.1) is 5.82 Å². The van der Waals surface area contributed by atoms with Crippen molar-refractivity contribution in [3.05, 3.63) is 58.7 Å². The molecule has 0 N–H and O–H groups in total. The molecular formula is C21H24FN5S. The summed E-state index contributed by atoms with van der Waals surface area (Å²) in [6, 6.07) is 6.75. The molecule has 2 aliphatic heterocycles. The predicted octanol–water partition coefficient (Wildman–Crippen LogP) is 3.58. The van der Waals surface area contributed by atoms with Crippen molar-refractivity contribution in [1.82, 2.24) is 24.3 Å². The Morgan fingerprint density at radius 2 is 1.86 bits per heavy atom. The third-order valence-corrected chi connectivity index (χ3v) is 7.09. The van der Waals surface area contributed by atoms with E-state index in [1.165, 1.54) is 17.1 Å². The molecule has 7 heteroatoms. The number of fused-ring (bicyclic) bond motifs is 2. The van der Waals surface area contributed by atoms with Gasteiger partial charge < -0.3 is 4.57 Å². The molecule has 28 heavy (non-hydrogen) atoms. The Balaban J connectivity index is 1.42. The van der Waals surface area contributed by atoms with E-state index < -0.39 is 0 Å². The number of aromatic nitrogens is 3. The summed E-state index contributed by atoms with van der Waals surface area (Å²) in [6.45, 7) is 4.95. The molecule has 1 saturated heterocycles. The minimum Gasteiger partial charge on any atom is -0.325 e. The van der Waals surface area contributed by atoms with Crippen LogP contribution in [0.5, 0.6) is 0 Å². The first-order valence-electron chi connectivity index (χ1n) is 9.80. The third-order valence-electron chi connectivity index (χ3n) is 6.33. The van der Waals surface area contributed by atoms with E-state index in [4.69, 9.17) is 4.98 Å². The minimum absolute atomic E-state index is 0.0179. The number of likely N-dealkylation sites (tertiary alicyclic amines) is 1. The van der Waals surface area contributed by atoms with Crippen LogP contribution in [0.1, 0.15) is 23.7 Å². The van der Waals surface area contributed by atoms with Gasteiger partial charge in [-0.15, -0.1) is 11.3 Å². The van der Waals surface area contributed by atoms with Crippen molar-refractivity contribution in [3.8, 4) is 11.3 Å². The standard InChI is InChI=1S/C21H24FN5S/c1-25-11-12-27-18(16-2-4-17(22)5-3-16)14-24-20(27)21(25)6-9-26(10-7-21)15-19-23-8-13-28-19/h2-5,8,13-14H,6-7,9-12,15H2,1H3. The van der Waals surface area contributed by atoms with E-state index in [9.17, 15) is 4.39 Å². The van der Waals surface area contributed by atoms with Gasteiger partial charge >= 0.3 is 0 Å². The van der Waals surface area contributed by atoms with Crippen molar-refractivity contribution >= 4 is 11.3 Å². The largest absolute Gasteiger partial charge is 0.325 e. The number of hydrogen-bond donors (Lipinski definition) is 0. The highest BCUT2D eigenvalue weighted by atomic mass is 32.1. The first-order valence-corrected chi connectivity index (χ1v) is 10.7. The Hall–Kier alpha value is -2.09. The Morgan fingerprint density at radius 3 is 2.57 bits per heavy atom. The van der Waals surface area contributed by atoms with Gasteiger partial charge in [-0.2, -0.15) is 0 Å². The van der Waals surface area contributed by atoms with Gasteiger partial charge in [0, 0.05) is 37.8 Å². The Bertz CT molecular complexity index is 942. The Labute approximate surface area is 168 Å². The molecule has 1 aromatic carbocycles. The van der Waals surface area contributed by atoms with Crippen LogP contribution in [0.4, 0.5) is 4.39 Å². The summed E-state index contributed by atoms with van der Waals surface area (Å²) in [5.74, 6) is 0.959. The van der Waals surface area contributed by atoms with E-state index in [0.717, 1.165) is 62.6 Å². The van der Waals surface area contributed by atoms with E-state index in [0.29, 0.717) is 0 Å². The van der Waals surface area contributed by atoms with Crippen LogP contribution in [-0.2, 0) is 18.6 Å². The second-order valence-corrected chi connectivity index (χ2v) is 8.76. The maximum Gasteiger partial charge on any atom is 0.129 e. The molecule has 0 aliphatic carbocycles. The van der Waals surface area contributed by atoms with Gasteiger partial charge in [-0.3, -0.25) is 9.80 Å². The zero-order chi connectivity index (χ0) is 19.1. The van der Waals surface area contributed by atoms with E-state index in [2.05, 4.69) is 26.4 Å². The normalized spacial score (nSPS) is 19.8. The van der Waals surface area contributed by atoms with E-state index in [1.54, 1.807) is 11.3 Å². The molecule has 0 unspecified atom stereocenters. The molecule has 3 aromatic rings. The number of rotatable bonds is 3. The van der Waals surface area contributed by atoms with Crippen LogP contribution < -0.4 is 0 Å². The fraction of sp³-hybridized carbons (Fsp3) is 0.429.